The van der Waals surface area contributed by atoms with Gasteiger partial charge in [-0.1, -0.05) is 52.9 Å². The predicted molar refractivity (Wildman–Crippen MR) is 118 cm³/mol. The van der Waals surface area contributed by atoms with Crippen LogP contribution in [-0.4, -0.2) is 50.9 Å². The van der Waals surface area contributed by atoms with Gasteiger partial charge >= 0.3 is 12.1 Å². The normalized spacial score (nSPS) is 12.7. The standard InChI is InChI=1S/C20H41NO4SSi/c1-7-8-11-24-19(22)18(16-17(2)3)21-20(23)25-12-9-13-26-14-10-15-27(4,5)6/h17-18H,7-16H2,1-6H3,(H,21,23)/t18-/m0/s1. The van der Waals surface area contributed by atoms with Gasteiger partial charge in [0.15, 0.2) is 0 Å². The largest absolute Gasteiger partial charge is 0.464 e. The van der Waals surface area contributed by atoms with Crippen LogP contribution in [0.4, 0.5) is 4.79 Å². The molecule has 0 aliphatic rings. The molecule has 0 rings (SSSR count). The maximum atomic E-state index is 12.1. The number of nitrogens with one attached hydrogen (secondary N) is 1. The van der Waals surface area contributed by atoms with Crippen molar-refractivity contribution in [3.05, 3.63) is 0 Å². The Labute approximate surface area is 171 Å². The van der Waals surface area contributed by atoms with Crippen molar-refractivity contribution in [2.75, 3.05) is 24.7 Å². The number of amides is 1. The fourth-order valence-corrected chi connectivity index (χ4v) is 4.79. The summed E-state index contributed by atoms with van der Waals surface area (Å²) in [7, 11) is -0.924. The van der Waals surface area contributed by atoms with Crippen molar-refractivity contribution in [3.63, 3.8) is 0 Å². The van der Waals surface area contributed by atoms with Crippen molar-refractivity contribution in [2.45, 2.75) is 84.6 Å². The van der Waals surface area contributed by atoms with E-state index in [0.717, 1.165) is 25.0 Å². The first-order valence-corrected chi connectivity index (χ1v) is 15.2. The van der Waals surface area contributed by atoms with Crippen LogP contribution < -0.4 is 5.32 Å². The summed E-state index contributed by atoms with van der Waals surface area (Å²) in [6.45, 7) is 14.0. The highest BCUT2D eigenvalue weighted by Crippen LogP contribution is 2.14. The molecular formula is C20H41NO4SSi. The van der Waals surface area contributed by atoms with Crippen molar-refractivity contribution in [3.8, 4) is 0 Å². The molecule has 0 aromatic rings. The van der Waals surface area contributed by atoms with E-state index < -0.39 is 20.2 Å². The van der Waals surface area contributed by atoms with Crippen molar-refractivity contribution in [2.24, 2.45) is 5.92 Å². The number of alkyl carbamates (subject to hydrolysis) is 1. The van der Waals surface area contributed by atoms with Crippen LogP contribution in [0.5, 0.6) is 0 Å². The van der Waals surface area contributed by atoms with Crippen LogP contribution in [0.3, 0.4) is 0 Å². The van der Waals surface area contributed by atoms with Crippen LogP contribution in [0.2, 0.25) is 25.7 Å². The van der Waals surface area contributed by atoms with Gasteiger partial charge in [0.2, 0.25) is 0 Å². The van der Waals surface area contributed by atoms with E-state index in [0.29, 0.717) is 19.6 Å². The number of rotatable bonds is 15. The fraction of sp³-hybridized carbons (Fsp3) is 0.900. The Bertz CT molecular complexity index is 413. The molecule has 0 heterocycles. The van der Waals surface area contributed by atoms with E-state index in [1.165, 1.54) is 18.2 Å². The lowest BCUT2D eigenvalue weighted by Crippen LogP contribution is -2.43. The second-order valence-electron chi connectivity index (χ2n) is 8.61. The second-order valence-corrected chi connectivity index (χ2v) is 15.5. The molecule has 0 unspecified atom stereocenters. The molecule has 0 bridgehead atoms. The van der Waals surface area contributed by atoms with Crippen LogP contribution >= 0.6 is 11.8 Å². The van der Waals surface area contributed by atoms with Gasteiger partial charge in [0.25, 0.3) is 0 Å². The Morgan fingerprint density at radius 3 is 2.22 bits per heavy atom. The number of hydrogen-bond acceptors (Lipinski definition) is 5. The topological polar surface area (TPSA) is 64.6 Å². The van der Waals surface area contributed by atoms with E-state index >= 15 is 0 Å². The quantitative estimate of drug-likeness (QED) is 0.221. The zero-order valence-corrected chi connectivity index (χ0v) is 20.1. The zero-order valence-electron chi connectivity index (χ0n) is 18.3. The minimum atomic E-state index is -0.924. The fourth-order valence-electron chi connectivity index (χ4n) is 2.42. The van der Waals surface area contributed by atoms with E-state index in [1.54, 1.807) is 0 Å². The van der Waals surface area contributed by atoms with E-state index in [-0.39, 0.29) is 11.9 Å². The Kier molecular flexibility index (Phi) is 14.9. The highest BCUT2D eigenvalue weighted by atomic mass is 32.2. The van der Waals surface area contributed by atoms with Gasteiger partial charge in [0.05, 0.1) is 13.2 Å². The lowest BCUT2D eigenvalue weighted by Gasteiger charge is -2.19. The highest BCUT2D eigenvalue weighted by molar-refractivity contribution is 7.99. The molecular weight excluding hydrogens is 378 g/mol. The molecule has 1 amide bonds. The molecule has 27 heavy (non-hydrogen) atoms. The predicted octanol–water partition coefficient (Wildman–Crippen LogP) is 5.32. The van der Waals surface area contributed by atoms with Crippen molar-refractivity contribution in [1.82, 2.24) is 5.32 Å². The summed E-state index contributed by atoms with van der Waals surface area (Å²) in [5.41, 5.74) is 0. The summed E-state index contributed by atoms with van der Waals surface area (Å²) >= 11 is 1.92. The summed E-state index contributed by atoms with van der Waals surface area (Å²) in [6, 6.07) is 0.732. The number of thioether (sulfide) groups is 1. The van der Waals surface area contributed by atoms with Gasteiger partial charge in [0, 0.05) is 8.07 Å². The van der Waals surface area contributed by atoms with Gasteiger partial charge in [0.1, 0.15) is 6.04 Å². The van der Waals surface area contributed by atoms with Crippen molar-refractivity contribution in [1.29, 1.82) is 0 Å². The smallest absolute Gasteiger partial charge is 0.407 e. The number of carbonyl (C=O) groups excluding carboxylic acids is 2. The highest BCUT2D eigenvalue weighted by Gasteiger charge is 2.23. The SMILES string of the molecule is CCCCOC(=O)[C@H](CC(C)C)NC(=O)OCCCSCCC[Si](C)(C)C. The summed E-state index contributed by atoms with van der Waals surface area (Å²) < 4.78 is 10.5. The first-order valence-electron chi connectivity index (χ1n) is 10.3. The number of carbonyl (C=O) groups is 2. The molecule has 0 aromatic carbocycles. The number of esters is 1. The summed E-state index contributed by atoms with van der Waals surface area (Å²) in [5, 5.41) is 2.66. The third-order valence-corrected chi connectivity index (χ3v) is 6.92. The molecule has 0 saturated carbocycles. The summed E-state index contributed by atoms with van der Waals surface area (Å²) in [4.78, 5) is 24.1. The number of hydrogen-bond donors (Lipinski definition) is 1. The van der Waals surface area contributed by atoms with Crippen LogP contribution in [0.25, 0.3) is 0 Å². The van der Waals surface area contributed by atoms with Gasteiger partial charge in [-0.05, 0) is 43.1 Å². The molecule has 0 fully saturated rings. The summed E-state index contributed by atoms with van der Waals surface area (Å²) in [6.07, 6.45) is 3.93. The molecule has 160 valence electrons. The Hall–Kier alpha value is -0.693. The minimum absolute atomic E-state index is 0.279. The monoisotopic (exact) mass is 419 g/mol. The van der Waals surface area contributed by atoms with Gasteiger partial charge < -0.3 is 14.8 Å². The van der Waals surface area contributed by atoms with E-state index in [4.69, 9.17) is 9.47 Å². The second kappa shape index (κ2) is 15.3. The number of ether oxygens (including phenoxy) is 2. The molecule has 1 N–H and O–H groups in total. The van der Waals surface area contributed by atoms with Gasteiger partial charge in [-0.15, -0.1) is 0 Å². The van der Waals surface area contributed by atoms with Crippen LogP contribution in [0.1, 0.15) is 52.9 Å². The average Bonchev–Trinajstić information content (AvgIpc) is 2.55. The molecule has 0 aromatic heterocycles. The average molecular weight is 420 g/mol. The lowest BCUT2D eigenvalue weighted by molar-refractivity contribution is -0.146. The number of unbranched alkanes of at least 4 members (excludes halogenated alkanes) is 1. The Morgan fingerprint density at radius 2 is 1.63 bits per heavy atom. The first-order chi connectivity index (χ1) is 12.7. The van der Waals surface area contributed by atoms with Crippen molar-refractivity contribution < 1.29 is 19.1 Å². The third kappa shape index (κ3) is 17.2. The summed E-state index contributed by atoms with van der Waals surface area (Å²) in [5.74, 6) is 2.08. The molecule has 1 atom stereocenters. The molecule has 7 heteroatoms. The van der Waals surface area contributed by atoms with Crippen LogP contribution in [0, 0.1) is 5.92 Å². The van der Waals surface area contributed by atoms with Gasteiger partial charge in [-0.2, -0.15) is 11.8 Å². The molecule has 0 saturated heterocycles. The molecule has 0 spiro atoms. The van der Waals surface area contributed by atoms with Gasteiger partial charge in [-0.25, -0.2) is 9.59 Å². The van der Waals surface area contributed by atoms with Crippen LogP contribution in [0.15, 0.2) is 0 Å². The minimum Gasteiger partial charge on any atom is -0.464 e. The van der Waals surface area contributed by atoms with E-state index in [2.05, 4.69) is 25.0 Å². The zero-order chi connectivity index (χ0) is 20.7. The van der Waals surface area contributed by atoms with Crippen molar-refractivity contribution >= 4 is 31.9 Å². The van der Waals surface area contributed by atoms with E-state index in [9.17, 15) is 9.59 Å². The maximum Gasteiger partial charge on any atom is 0.407 e. The first kappa shape index (κ1) is 26.3. The van der Waals surface area contributed by atoms with Crippen LogP contribution in [-0.2, 0) is 14.3 Å². The Balaban J connectivity index is 3.97. The van der Waals surface area contributed by atoms with E-state index in [1.807, 2.05) is 32.5 Å². The molecule has 0 aliphatic heterocycles. The maximum absolute atomic E-state index is 12.1. The van der Waals surface area contributed by atoms with Gasteiger partial charge in [-0.3, -0.25) is 0 Å². The molecule has 0 aliphatic carbocycles. The molecule has 5 nitrogen and oxygen atoms in total. The molecule has 0 radical (unpaired) electrons. The Morgan fingerprint density at radius 1 is 1.00 bits per heavy atom. The lowest BCUT2D eigenvalue weighted by atomic mass is 10.0. The third-order valence-electron chi connectivity index (χ3n) is 3.91.